The minimum absolute atomic E-state index is 0.138. The number of rotatable bonds is 6. The molecule has 0 spiro atoms. The Hall–Kier alpha value is -0.870. The van der Waals surface area contributed by atoms with E-state index in [2.05, 4.69) is 29.1 Å². The molecular formula is C11H21N3O. The molecule has 0 radical (unpaired) electrons. The van der Waals surface area contributed by atoms with Crippen LogP contribution in [0.15, 0.2) is 6.33 Å². The van der Waals surface area contributed by atoms with Gasteiger partial charge in [-0.3, -0.25) is 0 Å². The summed E-state index contributed by atoms with van der Waals surface area (Å²) in [5.74, 6) is 0. The minimum atomic E-state index is 0.138. The molecular weight excluding hydrogens is 190 g/mol. The van der Waals surface area contributed by atoms with Gasteiger partial charge in [0.15, 0.2) is 0 Å². The third-order valence-corrected chi connectivity index (χ3v) is 2.62. The van der Waals surface area contributed by atoms with Gasteiger partial charge in [-0.25, -0.2) is 4.98 Å². The summed E-state index contributed by atoms with van der Waals surface area (Å²) < 4.78 is 0. The molecule has 0 saturated carbocycles. The Balaban J connectivity index is 2.30. The first-order chi connectivity index (χ1) is 7.05. The summed E-state index contributed by atoms with van der Waals surface area (Å²) in [6, 6.07) is 0. The van der Waals surface area contributed by atoms with Gasteiger partial charge in [0.1, 0.15) is 0 Å². The molecule has 1 rings (SSSR count). The van der Waals surface area contributed by atoms with E-state index in [9.17, 15) is 0 Å². The molecule has 0 atom stereocenters. The molecule has 1 aromatic heterocycles. The summed E-state index contributed by atoms with van der Waals surface area (Å²) in [4.78, 5) is 7.26. The van der Waals surface area contributed by atoms with Crippen molar-refractivity contribution in [3.63, 3.8) is 0 Å². The summed E-state index contributed by atoms with van der Waals surface area (Å²) in [6.45, 7) is 8.23. The van der Waals surface area contributed by atoms with Gasteiger partial charge in [0.05, 0.1) is 12.0 Å². The number of hydrogen-bond donors (Lipinski definition) is 3. The van der Waals surface area contributed by atoms with Gasteiger partial charge in [0, 0.05) is 25.4 Å². The van der Waals surface area contributed by atoms with Crippen molar-refractivity contribution in [2.45, 2.75) is 33.7 Å². The lowest BCUT2D eigenvalue weighted by atomic mass is 9.90. The van der Waals surface area contributed by atoms with Gasteiger partial charge in [-0.15, -0.1) is 0 Å². The maximum atomic E-state index is 8.88. The Morgan fingerprint density at radius 3 is 2.80 bits per heavy atom. The van der Waals surface area contributed by atoms with Gasteiger partial charge >= 0.3 is 0 Å². The number of aromatic amines is 1. The third-order valence-electron chi connectivity index (χ3n) is 2.62. The maximum Gasteiger partial charge on any atom is 0.0925 e. The van der Waals surface area contributed by atoms with Crippen molar-refractivity contribution in [2.24, 2.45) is 5.41 Å². The molecule has 0 aromatic carbocycles. The van der Waals surface area contributed by atoms with E-state index in [4.69, 9.17) is 5.11 Å². The average Bonchev–Trinajstić information content (AvgIpc) is 2.51. The number of aliphatic hydroxyl groups excluding tert-OH is 1. The van der Waals surface area contributed by atoms with Crippen LogP contribution in [0.1, 0.15) is 31.7 Å². The first-order valence-electron chi connectivity index (χ1n) is 5.35. The number of H-pyrrole nitrogens is 1. The summed E-state index contributed by atoms with van der Waals surface area (Å²) >= 11 is 0. The number of aryl methyl sites for hydroxylation is 1. The van der Waals surface area contributed by atoms with Crippen LogP contribution in [-0.4, -0.2) is 28.2 Å². The van der Waals surface area contributed by atoms with Crippen molar-refractivity contribution in [3.05, 3.63) is 17.7 Å². The second-order valence-electron chi connectivity index (χ2n) is 4.72. The molecule has 0 saturated heterocycles. The highest BCUT2D eigenvalue weighted by atomic mass is 16.3. The van der Waals surface area contributed by atoms with Crippen LogP contribution in [0.3, 0.4) is 0 Å². The fourth-order valence-electron chi connectivity index (χ4n) is 1.48. The Morgan fingerprint density at radius 1 is 1.53 bits per heavy atom. The van der Waals surface area contributed by atoms with Crippen molar-refractivity contribution >= 4 is 0 Å². The molecule has 1 aromatic rings. The van der Waals surface area contributed by atoms with E-state index in [1.807, 2.05) is 6.92 Å². The van der Waals surface area contributed by atoms with Crippen molar-refractivity contribution in [1.29, 1.82) is 0 Å². The van der Waals surface area contributed by atoms with Gasteiger partial charge in [-0.1, -0.05) is 13.8 Å². The molecule has 0 aliphatic heterocycles. The zero-order valence-corrected chi connectivity index (χ0v) is 9.80. The first-order valence-corrected chi connectivity index (χ1v) is 5.35. The maximum absolute atomic E-state index is 8.88. The molecule has 0 unspecified atom stereocenters. The van der Waals surface area contributed by atoms with Gasteiger partial charge in [0.25, 0.3) is 0 Å². The fourth-order valence-corrected chi connectivity index (χ4v) is 1.48. The van der Waals surface area contributed by atoms with Crippen molar-refractivity contribution in [2.75, 3.05) is 13.2 Å². The SMILES string of the molecule is Cc1[nH]cnc1CNCC(C)(C)CCO. The number of nitrogens with zero attached hydrogens (tertiary/aromatic N) is 1. The minimum Gasteiger partial charge on any atom is -0.396 e. The molecule has 0 aliphatic carbocycles. The van der Waals surface area contributed by atoms with E-state index in [-0.39, 0.29) is 12.0 Å². The lowest BCUT2D eigenvalue weighted by Gasteiger charge is -2.23. The highest BCUT2D eigenvalue weighted by molar-refractivity contribution is 5.07. The van der Waals surface area contributed by atoms with Gasteiger partial charge in [0.2, 0.25) is 0 Å². The fraction of sp³-hybridized carbons (Fsp3) is 0.727. The molecule has 86 valence electrons. The topological polar surface area (TPSA) is 60.9 Å². The van der Waals surface area contributed by atoms with E-state index in [1.165, 1.54) is 0 Å². The molecule has 1 heterocycles. The second-order valence-corrected chi connectivity index (χ2v) is 4.72. The van der Waals surface area contributed by atoms with Crippen molar-refractivity contribution in [3.8, 4) is 0 Å². The highest BCUT2D eigenvalue weighted by Gasteiger charge is 2.16. The van der Waals surface area contributed by atoms with Crippen LogP contribution in [0, 0.1) is 12.3 Å². The normalized spacial score (nSPS) is 12.0. The standard InChI is InChI=1S/C11H21N3O/c1-9-10(14-8-13-9)6-12-7-11(2,3)4-5-15/h8,12,15H,4-7H2,1-3H3,(H,13,14). The molecule has 0 bridgehead atoms. The number of aliphatic hydroxyl groups is 1. The predicted molar refractivity (Wildman–Crippen MR) is 60.5 cm³/mol. The van der Waals surface area contributed by atoms with Crippen LogP contribution in [0.2, 0.25) is 0 Å². The van der Waals surface area contributed by atoms with Gasteiger partial charge in [-0.2, -0.15) is 0 Å². The number of aromatic nitrogens is 2. The first kappa shape index (κ1) is 12.2. The zero-order valence-electron chi connectivity index (χ0n) is 9.80. The van der Waals surface area contributed by atoms with Crippen LogP contribution in [0.25, 0.3) is 0 Å². The highest BCUT2D eigenvalue weighted by Crippen LogP contribution is 2.18. The van der Waals surface area contributed by atoms with E-state index in [0.717, 1.165) is 30.9 Å². The van der Waals surface area contributed by atoms with Crippen LogP contribution in [-0.2, 0) is 6.54 Å². The van der Waals surface area contributed by atoms with E-state index < -0.39 is 0 Å². The summed E-state index contributed by atoms with van der Waals surface area (Å²) in [6.07, 6.45) is 2.53. The Kier molecular flexibility index (Phi) is 4.29. The summed E-state index contributed by atoms with van der Waals surface area (Å²) in [7, 11) is 0. The Bertz CT molecular complexity index is 294. The smallest absolute Gasteiger partial charge is 0.0925 e. The molecule has 4 nitrogen and oxygen atoms in total. The largest absolute Gasteiger partial charge is 0.396 e. The van der Waals surface area contributed by atoms with E-state index in [0.29, 0.717) is 0 Å². The quantitative estimate of drug-likeness (QED) is 0.663. The zero-order chi connectivity index (χ0) is 11.3. The van der Waals surface area contributed by atoms with Crippen molar-refractivity contribution in [1.82, 2.24) is 15.3 Å². The summed E-state index contributed by atoms with van der Waals surface area (Å²) in [5, 5.41) is 12.2. The number of imidazole rings is 1. The molecule has 3 N–H and O–H groups in total. The second kappa shape index (κ2) is 5.28. The average molecular weight is 211 g/mol. The summed E-state index contributed by atoms with van der Waals surface area (Å²) in [5.41, 5.74) is 2.32. The predicted octanol–water partition coefficient (Wildman–Crippen LogP) is 1.22. The lowest BCUT2D eigenvalue weighted by molar-refractivity contribution is 0.207. The van der Waals surface area contributed by atoms with Crippen molar-refractivity contribution < 1.29 is 5.11 Å². The number of hydrogen-bond acceptors (Lipinski definition) is 3. The van der Waals surface area contributed by atoms with Gasteiger partial charge in [-0.05, 0) is 18.8 Å². The Morgan fingerprint density at radius 2 is 2.27 bits per heavy atom. The van der Waals surface area contributed by atoms with Crippen LogP contribution in [0.4, 0.5) is 0 Å². The third kappa shape index (κ3) is 4.01. The van der Waals surface area contributed by atoms with Crippen LogP contribution < -0.4 is 5.32 Å². The molecule has 0 aliphatic rings. The molecule has 0 amide bonds. The Labute approximate surface area is 91.1 Å². The monoisotopic (exact) mass is 211 g/mol. The lowest BCUT2D eigenvalue weighted by Crippen LogP contribution is -2.30. The van der Waals surface area contributed by atoms with Crippen LogP contribution in [0.5, 0.6) is 0 Å². The molecule has 15 heavy (non-hydrogen) atoms. The number of nitrogens with one attached hydrogen (secondary N) is 2. The van der Waals surface area contributed by atoms with E-state index >= 15 is 0 Å². The van der Waals surface area contributed by atoms with E-state index in [1.54, 1.807) is 6.33 Å². The van der Waals surface area contributed by atoms with Crippen LogP contribution >= 0.6 is 0 Å². The molecule has 0 fully saturated rings. The molecule has 4 heteroatoms. The van der Waals surface area contributed by atoms with Gasteiger partial charge < -0.3 is 15.4 Å².